The zero-order chi connectivity index (χ0) is 14.7. The van der Waals surface area contributed by atoms with E-state index in [-0.39, 0.29) is 6.04 Å². The summed E-state index contributed by atoms with van der Waals surface area (Å²) >= 11 is 0. The number of nitrogens with two attached hydrogens (primary N) is 1. The van der Waals surface area contributed by atoms with E-state index in [9.17, 15) is 0 Å². The maximum absolute atomic E-state index is 5.85. The van der Waals surface area contributed by atoms with Crippen molar-refractivity contribution in [3.63, 3.8) is 0 Å². The molecular weight excluding hydrogens is 246 g/mol. The van der Waals surface area contributed by atoms with Crippen molar-refractivity contribution in [2.24, 2.45) is 5.73 Å². The van der Waals surface area contributed by atoms with Gasteiger partial charge in [-0.2, -0.15) is 5.10 Å². The van der Waals surface area contributed by atoms with Crippen molar-refractivity contribution < 1.29 is 0 Å². The lowest BCUT2D eigenvalue weighted by Gasteiger charge is -2.08. The number of hydrogen-bond acceptors (Lipinski definition) is 2. The Balaban J connectivity index is 2.32. The van der Waals surface area contributed by atoms with E-state index in [0.29, 0.717) is 0 Å². The van der Waals surface area contributed by atoms with Gasteiger partial charge in [-0.05, 0) is 44.7 Å². The topological polar surface area (TPSA) is 43.8 Å². The van der Waals surface area contributed by atoms with Gasteiger partial charge in [-0.25, -0.2) is 0 Å². The molecule has 2 aromatic rings. The highest BCUT2D eigenvalue weighted by atomic mass is 15.3. The van der Waals surface area contributed by atoms with E-state index >= 15 is 0 Å². The first-order chi connectivity index (χ1) is 9.52. The second kappa shape index (κ2) is 6.23. The molecule has 3 nitrogen and oxygen atoms in total. The number of nitrogens with zero attached hydrogens (tertiary/aromatic N) is 2. The maximum Gasteiger partial charge on any atom is 0.0674 e. The Morgan fingerprint density at radius 3 is 2.40 bits per heavy atom. The second-order valence-corrected chi connectivity index (χ2v) is 5.65. The van der Waals surface area contributed by atoms with Gasteiger partial charge in [-0.1, -0.05) is 31.2 Å². The summed E-state index contributed by atoms with van der Waals surface area (Å²) < 4.78 is 2.11. The van der Waals surface area contributed by atoms with Crippen molar-refractivity contribution in [3.8, 4) is 11.1 Å². The predicted octanol–water partition coefficient (Wildman–Crippen LogP) is 3.47. The highest BCUT2D eigenvalue weighted by Crippen LogP contribution is 2.27. The molecule has 2 rings (SSSR count). The highest BCUT2D eigenvalue weighted by molar-refractivity contribution is 5.68. The summed E-state index contributed by atoms with van der Waals surface area (Å²) in [6.45, 7) is 9.44. The normalized spacial score (nSPS) is 12.7. The zero-order valence-electron chi connectivity index (χ0n) is 13.0. The molecule has 0 aliphatic heterocycles. The van der Waals surface area contributed by atoms with Gasteiger partial charge in [0.2, 0.25) is 0 Å². The summed E-state index contributed by atoms with van der Waals surface area (Å²) in [5.41, 5.74) is 12.0. The third-order valence-corrected chi connectivity index (χ3v) is 3.62. The van der Waals surface area contributed by atoms with Crippen molar-refractivity contribution in [1.29, 1.82) is 0 Å². The molecule has 0 radical (unpaired) electrons. The van der Waals surface area contributed by atoms with Crippen LogP contribution in [0.3, 0.4) is 0 Å². The van der Waals surface area contributed by atoms with Crippen LogP contribution in [0.25, 0.3) is 11.1 Å². The largest absolute Gasteiger partial charge is 0.328 e. The Morgan fingerprint density at radius 2 is 1.85 bits per heavy atom. The van der Waals surface area contributed by atoms with E-state index in [0.717, 1.165) is 25.1 Å². The lowest BCUT2D eigenvalue weighted by Crippen LogP contribution is -2.17. The van der Waals surface area contributed by atoms with Crippen molar-refractivity contribution >= 4 is 0 Å². The first-order valence-corrected chi connectivity index (χ1v) is 7.41. The fourth-order valence-electron chi connectivity index (χ4n) is 2.72. The van der Waals surface area contributed by atoms with Crippen LogP contribution in [0.15, 0.2) is 24.3 Å². The molecule has 20 heavy (non-hydrogen) atoms. The summed E-state index contributed by atoms with van der Waals surface area (Å²) in [5.74, 6) is 0. The van der Waals surface area contributed by atoms with Crippen LogP contribution in [0.4, 0.5) is 0 Å². The van der Waals surface area contributed by atoms with Crippen LogP contribution in [0.5, 0.6) is 0 Å². The molecule has 0 fully saturated rings. The first-order valence-electron chi connectivity index (χ1n) is 7.41. The molecule has 0 aliphatic carbocycles. The van der Waals surface area contributed by atoms with Crippen LogP contribution in [-0.4, -0.2) is 15.8 Å². The molecule has 1 unspecified atom stereocenters. The molecule has 0 saturated carbocycles. The Kier molecular flexibility index (Phi) is 4.61. The Labute approximate surface area is 121 Å². The molecule has 1 heterocycles. The summed E-state index contributed by atoms with van der Waals surface area (Å²) in [6, 6.07) is 8.93. The lowest BCUT2D eigenvalue weighted by molar-refractivity contribution is 0.583. The fraction of sp³-hybridized carbons (Fsp3) is 0.471. The minimum absolute atomic E-state index is 0.205. The van der Waals surface area contributed by atoms with E-state index in [1.54, 1.807) is 0 Å². The zero-order valence-corrected chi connectivity index (χ0v) is 13.0. The molecule has 3 heteroatoms. The fourth-order valence-corrected chi connectivity index (χ4v) is 2.72. The Morgan fingerprint density at radius 1 is 1.20 bits per heavy atom. The van der Waals surface area contributed by atoms with Gasteiger partial charge < -0.3 is 5.73 Å². The molecule has 0 amide bonds. The molecule has 0 spiro atoms. The van der Waals surface area contributed by atoms with Gasteiger partial charge in [0.25, 0.3) is 0 Å². The number of aromatic nitrogens is 2. The quantitative estimate of drug-likeness (QED) is 0.905. The summed E-state index contributed by atoms with van der Waals surface area (Å²) in [4.78, 5) is 0. The Hall–Kier alpha value is -1.61. The summed E-state index contributed by atoms with van der Waals surface area (Å²) in [5, 5.41) is 4.64. The summed E-state index contributed by atoms with van der Waals surface area (Å²) in [6.07, 6.45) is 2.03. The smallest absolute Gasteiger partial charge is 0.0674 e. The Bertz CT molecular complexity index is 565. The van der Waals surface area contributed by atoms with Crippen molar-refractivity contribution in [1.82, 2.24) is 9.78 Å². The summed E-state index contributed by atoms with van der Waals surface area (Å²) in [7, 11) is 0. The molecular formula is C17H25N3. The van der Waals surface area contributed by atoms with Gasteiger partial charge in [0.05, 0.1) is 5.69 Å². The van der Waals surface area contributed by atoms with Crippen molar-refractivity contribution in [2.45, 2.75) is 53.1 Å². The average Bonchev–Trinajstić information content (AvgIpc) is 2.66. The second-order valence-electron chi connectivity index (χ2n) is 5.65. The van der Waals surface area contributed by atoms with Gasteiger partial charge in [0.15, 0.2) is 0 Å². The molecule has 1 aromatic heterocycles. The van der Waals surface area contributed by atoms with E-state index in [1.807, 2.05) is 6.92 Å². The van der Waals surface area contributed by atoms with Crippen LogP contribution in [0.1, 0.15) is 37.2 Å². The number of rotatable bonds is 5. The number of benzene rings is 1. The average molecular weight is 271 g/mol. The number of hydrogen-bond donors (Lipinski definition) is 1. The third-order valence-electron chi connectivity index (χ3n) is 3.62. The molecule has 2 N–H and O–H groups in total. The standard InChI is InChI=1S/C17H25N3/c1-5-10-20-14(4)17(13(3)19-20)16-8-6-15(7-9-16)11-12(2)18/h6-9,12H,5,10-11,18H2,1-4H3. The molecule has 0 saturated heterocycles. The van der Waals surface area contributed by atoms with Gasteiger partial charge >= 0.3 is 0 Å². The highest BCUT2D eigenvalue weighted by Gasteiger charge is 2.12. The minimum Gasteiger partial charge on any atom is -0.328 e. The lowest BCUT2D eigenvalue weighted by atomic mass is 10.00. The van der Waals surface area contributed by atoms with E-state index < -0.39 is 0 Å². The van der Waals surface area contributed by atoms with Crippen LogP contribution >= 0.6 is 0 Å². The van der Waals surface area contributed by atoms with E-state index in [1.165, 1.54) is 22.4 Å². The van der Waals surface area contributed by atoms with Crippen LogP contribution in [0.2, 0.25) is 0 Å². The molecule has 1 aromatic carbocycles. The van der Waals surface area contributed by atoms with Crippen LogP contribution in [-0.2, 0) is 13.0 Å². The monoisotopic (exact) mass is 271 g/mol. The van der Waals surface area contributed by atoms with Gasteiger partial charge in [-0.3, -0.25) is 4.68 Å². The van der Waals surface area contributed by atoms with Gasteiger partial charge in [-0.15, -0.1) is 0 Å². The molecule has 0 aliphatic rings. The SMILES string of the molecule is CCCn1nc(C)c(-c2ccc(CC(C)N)cc2)c1C. The first kappa shape index (κ1) is 14.8. The van der Waals surface area contributed by atoms with Crippen LogP contribution < -0.4 is 5.73 Å². The van der Waals surface area contributed by atoms with Crippen molar-refractivity contribution in [3.05, 3.63) is 41.2 Å². The van der Waals surface area contributed by atoms with Crippen molar-refractivity contribution in [2.75, 3.05) is 0 Å². The van der Waals surface area contributed by atoms with Gasteiger partial charge in [0, 0.05) is 23.8 Å². The van der Waals surface area contributed by atoms with Crippen LogP contribution in [0, 0.1) is 13.8 Å². The number of aryl methyl sites for hydroxylation is 2. The van der Waals surface area contributed by atoms with E-state index in [4.69, 9.17) is 5.73 Å². The predicted molar refractivity (Wildman–Crippen MR) is 84.8 cm³/mol. The molecule has 108 valence electrons. The van der Waals surface area contributed by atoms with Gasteiger partial charge in [0.1, 0.15) is 0 Å². The maximum atomic E-state index is 5.85. The molecule has 1 atom stereocenters. The minimum atomic E-state index is 0.205. The third kappa shape index (κ3) is 3.10. The molecule has 0 bridgehead atoms. The van der Waals surface area contributed by atoms with E-state index in [2.05, 4.69) is 54.8 Å².